The van der Waals surface area contributed by atoms with Crippen LogP contribution in [0.15, 0.2) is 77.0 Å². The van der Waals surface area contributed by atoms with E-state index in [1.54, 1.807) is 27.3 Å². The van der Waals surface area contributed by atoms with Crippen LogP contribution < -0.4 is 5.32 Å². The molecule has 1 N–H and O–H groups in total. The average Bonchev–Trinajstić information content (AvgIpc) is 3.28. The molecule has 1 unspecified atom stereocenters. The summed E-state index contributed by atoms with van der Waals surface area (Å²) in [4.78, 5) is 9.02. The lowest BCUT2D eigenvalue weighted by molar-refractivity contribution is 0.316. The first kappa shape index (κ1) is 23.7. The third-order valence-electron chi connectivity index (χ3n) is 6.04. The molecule has 8 nitrogen and oxygen atoms in total. The first-order chi connectivity index (χ1) is 17.0. The molecule has 1 fully saturated rings. The molecule has 0 spiro atoms. The molecule has 0 amide bonds. The second-order valence-corrected chi connectivity index (χ2v) is 11.1. The molecular formula is C25H25BrN6O2S. The molecule has 0 bridgehead atoms. The van der Waals surface area contributed by atoms with Gasteiger partial charge in [0.25, 0.3) is 0 Å². The summed E-state index contributed by atoms with van der Waals surface area (Å²) in [6.07, 6.45) is 8.56. The Kier molecular flexibility index (Phi) is 6.94. The number of rotatable bonds is 7. The highest BCUT2D eigenvalue weighted by Gasteiger charge is 2.29. The van der Waals surface area contributed by atoms with Gasteiger partial charge in [0.1, 0.15) is 5.82 Å². The molecule has 1 aliphatic rings. The summed E-state index contributed by atoms with van der Waals surface area (Å²) >= 11 is 3.54. The van der Waals surface area contributed by atoms with Crippen molar-refractivity contribution in [3.63, 3.8) is 0 Å². The third kappa shape index (κ3) is 5.44. The lowest BCUT2D eigenvalue weighted by Crippen LogP contribution is -2.38. The minimum Gasteiger partial charge on any atom is -0.366 e. The third-order valence-corrected chi connectivity index (χ3v) is 8.13. The average molecular weight is 553 g/mol. The molecule has 1 aliphatic heterocycles. The van der Waals surface area contributed by atoms with Crippen LogP contribution in [0.3, 0.4) is 0 Å². The SMILES string of the molecule is O=S(=O)(/C=C/c1ccccc1)N1CCCC(c2cc(NCc3cccnc3)n3ncc(Br)c3n2)C1. The largest absolute Gasteiger partial charge is 0.366 e. The fourth-order valence-electron chi connectivity index (χ4n) is 4.21. The van der Waals surface area contributed by atoms with Gasteiger partial charge in [0.15, 0.2) is 5.65 Å². The van der Waals surface area contributed by atoms with Gasteiger partial charge in [-0.15, -0.1) is 0 Å². The van der Waals surface area contributed by atoms with Gasteiger partial charge in [-0.25, -0.2) is 13.4 Å². The fourth-order valence-corrected chi connectivity index (χ4v) is 5.84. The van der Waals surface area contributed by atoms with Crippen molar-refractivity contribution in [2.45, 2.75) is 25.3 Å². The van der Waals surface area contributed by atoms with Crippen LogP contribution in [-0.4, -0.2) is 45.4 Å². The van der Waals surface area contributed by atoms with E-state index < -0.39 is 10.0 Å². The number of fused-ring (bicyclic) bond motifs is 1. The predicted octanol–water partition coefficient (Wildman–Crippen LogP) is 4.68. The van der Waals surface area contributed by atoms with Crippen molar-refractivity contribution >= 4 is 43.5 Å². The lowest BCUT2D eigenvalue weighted by atomic mass is 9.96. The second kappa shape index (κ2) is 10.3. The minimum atomic E-state index is -3.54. The molecule has 180 valence electrons. The normalized spacial score (nSPS) is 17.2. The second-order valence-electron chi connectivity index (χ2n) is 8.46. The number of anilines is 1. The molecule has 4 aromatic rings. The van der Waals surface area contributed by atoms with Crippen LogP contribution in [-0.2, 0) is 16.6 Å². The Bertz CT molecular complexity index is 1440. The highest BCUT2D eigenvalue weighted by atomic mass is 79.9. The maximum Gasteiger partial charge on any atom is 0.236 e. The summed E-state index contributed by atoms with van der Waals surface area (Å²) in [7, 11) is -3.54. The monoisotopic (exact) mass is 552 g/mol. The van der Waals surface area contributed by atoms with E-state index in [0.29, 0.717) is 25.3 Å². The molecule has 0 aliphatic carbocycles. The van der Waals surface area contributed by atoms with Crippen molar-refractivity contribution in [1.82, 2.24) is 23.9 Å². The number of nitrogens with zero attached hydrogens (tertiary/aromatic N) is 5. The maximum absolute atomic E-state index is 13.1. The molecule has 0 saturated carbocycles. The van der Waals surface area contributed by atoms with Crippen LogP contribution in [0.2, 0.25) is 0 Å². The van der Waals surface area contributed by atoms with Crippen LogP contribution in [0, 0.1) is 0 Å². The highest BCUT2D eigenvalue weighted by Crippen LogP contribution is 2.31. The Morgan fingerprint density at radius 1 is 1.14 bits per heavy atom. The number of pyridine rings is 1. The van der Waals surface area contributed by atoms with Gasteiger partial charge >= 0.3 is 0 Å². The van der Waals surface area contributed by atoms with Gasteiger partial charge in [0, 0.05) is 49.4 Å². The maximum atomic E-state index is 13.1. The molecule has 3 aromatic heterocycles. The quantitative estimate of drug-likeness (QED) is 0.358. The number of hydrogen-bond donors (Lipinski definition) is 1. The number of benzene rings is 1. The van der Waals surface area contributed by atoms with E-state index in [4.69, 9.17) is 4.98 Å². The summed E-state index contributed by atoms with van der Waals surface area (Å²) in [5, 5.41) is 9.17. The number of sulfonamides is 1. The summed E-state index contributed by atoms with van der Waals surface area (Å²) < 4.78 is 30.2. The molecule has 1 aromatic carbocycles. The molecule has 0 radical (unpaired) electrons. The molecule has 4 heterocycles. The number of aromatic nitrogens is 4. The van der Waals surface area contributed by atoms with E-state index in [-0.39, 0.29) is 5.92 Å². The number of halogens is 1. The molecule has 35 heavy (non-hydrogen) atoms. The lowest BCUT2D eigenvalue weighted by Gasteiger charge is -2.31. The summed E-state index contributed by atoms with van der Waals surface area (Å²) in [6.45, 7) is 1.47. The smallest absolute Gasteiger partial charge is 0.236 e. The van der Waals surface area contributed by atoms with Crippen molar-refractivity contribution in [3.05, 3.63) is 93.8 Å². The standard InChI is InChI=1S/C25H25BrN6O2S/c26-22-17-29-32-24(28-16-20-8-4-11-27-15-20)14-23(30-25(22)32)21-9-5-12-31(18-21)35(33,34)13-10-19-6-2-1-3-7-19/h1-4,6-8,10-11,13-15,17,21,28H,5,9,12,16,18H2/b13-10+. The van der Waals surface area contributed by atoms with E-state index in [2.05, 4.69) is 31.3 Å². The van der Waals surface area contributed by atoms with Gasteiger partial charge in [0.05, 0.1) is 16.4 Å². The number of nitrogens with one attached hydrogen (secondary N) is 1. The van der Waals surface area contributed by atoms with Crippen molar-refractivity contribution < 1.29 is 8.42 Å². The predicted molar refractivity (Wildman–Crippen MR) is 140 cm³/mol. The Morgan fingerprint density at radius 3 is 2.80 bits per heavy atom. The van der Waals surface area contributed by atoms with E-state index in [0.717, 1.165) is 40.0 Å². The van der Waals surface area contributed by atoms with Gasteiger partial charge in [-0.05, 0) is 52.0 Å². The zero-order chi connectivity index (χ0) is 24.3. The van der Waals surface area contributed by atoms with Crippen molar-refractivity contribution in [3.8, 4) is 0 Å². The van der Waals surface area contributed by atoms with Crippen LogP contribution >= 0.6 is 15.9 Å². The molecule has 5 rings (SSSR count). The van der Waals surface area contributed by atoms with E-state index in [1.165, 1.54) is 5.41 Å². The van der Waals surface area contributed by atoms with Crippen LogP contribution in [0.1, 0.15) is 35.6 Å². The Balaban J connectivity index is 1.39. The first-order valence-electron chi connectivity index (χ1n) is 11.4. The Labute approximate surface area is 212 Å². The minimum absolute atomic E-state index is 0.0191. The van der Waals surface area contributed by atoms with E-state index >= 15 is 0 Å². The first-order valence-corrected chi connectivity index (χ1v) is 13.7. The van der Waals surface area contributed by atoms with E-state index in [9.17, 15) is 8.42 Å². The van der Waals surface area contributed by atoms with Gasteiger partial charge in [-0.1, -0.05) is 36.4 Å². The Morgan fingerprint density at radius 2 is 2.00 bits per heavy atom. The van der Waals surface area contributed by atoms with Crippen molar-refractivity contribution in [2.75, 3.05) is 18.4 Å². The molecule has 1 saturated heterocycles. The molecule has 1 atom stereocenters. The highest BCUT2D eigenvalue weighted by molar-refractivity contribution is 9.10. The molecular weight excluding hydrogens is 528 g/mol. The summed E-state index contributed by atoms with van der Waals surface area (Å²) in [5.74, 6) is 0.776. The van der Waals surface area contributed by atoms with Crippen LogP contribution in [0.5, 0.6) is 0 Å². The van der Waals surface area contributed by atoms with Gasteiger partial charge in [0.2, 0.25) is 10.0 Å². The molecule has 10 heteroatoms. The zero-order valence-electron chi connectivity index (χ0n) is 19.0. The van der Waals surface area contributed by atoms with Crippen molar-refractivity contribution in [1.29, 1.82) is 0 Å². The van der Waals surface area contributed by atoms with Crippen LogP contribution in [0.25, 0.3) is 11.7 Å². The van der Waals surface area contributed by atoms with Gasteiger partial charge in [-0.2, -0.15) is 13.9 Å². The Hall–Kier alpha value is -3.08. The van der Waals surface area contributed by atoms with Crippen molar-refractivity contribution in [2.24, 2.45) is 0 Å². The fraction of sp³-hybridized carbons (Fsp3) is 0.240. The zero-order valence-corrected chi connectivity index (χ0v) is 21.4. The van der Waals surface area contributed by atoms with E-state index in [1.807, 2.05) is 54.7 Å². The summed E-state index contributed by atoms with van der Waals surface area (Å²) in [6, 6.07) is 15.3. The van der Waals surface area contributed by atoms with Crippen LogP contribution in [0.4, 0.5) is 5.82 Å². The summed E-state index contributed by atoms with van der Waals surface area (Å²) in [5.41, 5.74) is 3.44. The van der Waals surface area contributed by atoms with Gasteiger partial charge < -0.3 is 5.32 Å². The number of hydrogen-bond acceptors (Lipinski definition) is 6. The topological polar surface area (TPSA) is 92.5 Å². The van der Waals surface area contributed by atoms with Gasteiger partial charge in [-0.3, -0.25) is 4.98 Å². The number of piperidine rings is 1.